The maximum absolute atomic E-state index is 11.8. The fraction of sp³-hybridized carbons (Fsp3) is 0.556. The molecule has 5 nitrogen and oxygen atoms in total. The SMILES string of the molecule is Cc1ccc(CNC(=O)CCCCC(=O)O)c(OCC2CC2)c1. The topological polar surface area (TPSA) is 75.6 Å². The second-order valence-electron chi connectivity index (χ2n) is 6.24. The molecule has 0 atom stereocenters. The fourth-order valence-corrected chi connectivity index (χ4v) is 2.28. The van der Waals surface area contributed by atoms with E-state index in [0.29, 0.717) is 31.7 Å². The highest BCUT2D eigenvalue weighted by Gasteiger charge is 2.22. The molecule has 1 aliphatic carbocycles. The number of amides is 1. The van der Waals surface area contributed by atoms with Crippen LogP contribution < -0.4 is 10.1 Å². The van der Waals surface area contributed by atoms with Gasteiger partial charge in [0.25, 0.3) is 0 Å². The van der Waals surface area contributed by atoms with E-state index in [1.165, 1.54) is 12.8 Å². The number of rotatable bonds is 10. The van der Waals surface area contributed by atoms with Crippen molar-refractivity contribution in [2.24, 2.45) is 5.92 Å². The van der Waals surface area contributed by atoms with Crippen molar-refractivity contribution in [3.8, 4) is 5.75 Å². The van der Waals surface area contributed by atoms with Gasteiger partial charge in [-0.15, -0.1) is 0 Å². The van der Waals surface area contributed by atoms with Crippen molar-refractivity contribution in [1.82, 2.24) is 5.32 Å². The molecule has 0 bridgehead atoms. The first-order valence-electron chi connectivity index (χ1n) is 8.25. The Morgan fingerprint density at radius 3 is 2.70 bits per heavy atom. The number of aliphatic carboxylic acids is 1. The Bertz CT molecular complexity index is 552. The van der Waals surface area contributed by atoms with E-state index >= 15 is 0 Å². The summed E-state index contributed by atoms with van der Waals surface area (Å²) in [5.74, 6) is 0.668. The number of unbranched alkanes of at least 4 members (excludes halogenated alkanes) is 1. The van der Waals surface area contributed by atoms with E-state index < -0.39 is 5.97 Å². The molecule has 2 rings (SSSR count). The van der Waals surface area contributed by atoms with Crippen LogP contribution >= 0.6 is 0 Å². The molecule has 1 fully saturated rings. The Balaban J connectivity index is 1.77. The van der Waals surface area contributed by atoms with Gasteiger partial charge in [0.1, 0.15) is 5.75 Å². The Morgan fingerprint density at radius 2 is 2.00 bits per heavy atom. The van der Waals surface area contributed by atoms with Crippen molar-refractivity contribution < 1.29 is 19.4 Å². The normalized spacial score (nSPS) is 13.6. The second-order valence-corrected chi connectivity index (χ2v) is 6.24. The van der Waals surface area contributed by atoms with Crippen LogP contribution in [0.2, 0.25) is 0 Å². The third-order valence-electron chi connectivity index (χ3n) is 3.91. The Hall–Kier alpha value is -2.04. The molecule has 1 amide bonds. The molecule has 2 N–H and O–H groups in total. The Morgan fingerprint density at radius 1 is 1.26 bits per heavy atom. The van der Waals surface area contributed by atoms with Gasteiger partial charge in [0, 0.05) is 24.9 Å². The molecule has 1 aromatic rings. The molecule has 0 aromatic heterocycles. The third-order valence-corrected chi connectivity index (χ3v) is 3.91. The zero-order chi connectivity index (χ0) is 16.7. The van der Waals surface area contributed by atoms with Crippen LogP contribution in [-0.4, -0.2) is 23.6 Å². The van der Waals surface area contributed by atoms with Gasteiger partial charge in [-0.3, -0.25) is 9.59 Å². The molecule has 0 heterocycles. The van der Waals surface area contributed by atoms with Crippen LogP contribution in [0.1, 0.15) is 49.7 Å². The molecule has 1 aliphatic rings. The van der Waals surface area contributed by atoms with E-state index in [1.807, 2.05) is 25.1 Å². The standard InChI is InChI=1S/C18H25NO4/c1-13-6-9-15(16(10-13)23-12-14-7-8-14)11-19-17(20)4-2-3-5-18(21)22/h6,9-10,14H,2-5,7-8,11-12H2,1H3,(H,19,20)(H,21,22). The maximum Gasteiger partial charge on any atom is 0.303 e. The van der Waals surface area contributed by atoms with E-state index in [-0.39, 0.29) is 12.3 Å². The van der Waals surface area contributed by atoms with Crippen molar-refractivity contribution in [3.63, 3.8) is 0 Å². The van der Waals surface area contributed by atoms with E-state index in [4.69, 9.17) is 9.84 Å². The van der Waals surface area contributed by atoms with Gasteiger partial charge >= 0.3 is 5.97 Å². The van der Waals surface area contributed by atoms with Gasteiger partial charge in [0.15, 0.2) is 0 Å². The molecule has 0 radical (unpaired) electrons. The largest absolute Gasteiger partial charge is 0.493 e. The minimum absolute atomic E-state index is 0.0518. The zero-order valence-electron chi connectivity index (χ0n) is 13.6. The Kier molecular flexibility index (Phi) is 6.44. The monoisotopic (exact) mass is 319 g/mol. The summed E-state index contributed by atoms with van der Waals surface area (Å²) in [6.07, 6.45) is 4.09. The number of nitrogens with one attached hydrogen (secondary N) is 1. The van der Waals surface area contributed by atoms with Gasteiger partial charge in [0.2, 0.25) is 5.91 Å². The number of hydrogen-bond donors (Lipinski definition) is 2. The number of hydrogen-bond acceptors (Lipinski definition) is 3. The highest BCUT2D eigenvalue weighted by atomic mass is 16.5. The summed E-state index contributed by atoms with van der Waals surface area (Å²) in [6, 6.07) is 6.01. The molecule has 0 unspecified atom stereocenters. The lowest BCUT2D eigenvalue weighted by Crippen LogP contribution is -2.22. The van der Waals surface area contributed by atoms with Crippen molar-refractivity contribution in [2.45, 2.75) is 52.0 Å². The van der Waals surface area contributed by atoms with Crippen molar-refractivity contribution >= 4 is 11.9 Å². The minimum Gasteiger partial charge on any atom is -0.493 e. The summed E-state index contributed by atoms with van der Waals surface area (Å²) >= 11 is 0. The molecule has 0 saturated heterocycles. The van der Waals surface area contributed by atoms with E-state index in [9.17, 15) is 9.59 Å². The summed E-state index contributed by atoms with van der Waals surface area (Å²) in [5, 5.41) is 11.4. The van der Waals surface area contributed by atoms with Gasteiger partial charge in [-0.25, -0.2) is 0 Å². The zero-order valence-corrected chi connectivity index (χ0v) is 13.6. The number of ether oxygens (including phenoxy) is 1. The van der Waals surface area contributed by atoms with Crippen LogP contribution in [0.4, 0.5) is 0 Å². The van der Waals surface area contributed by atoms with Crippen LogP contribution in [0, 0.1) is 12.8 Å². The molecule has 1 saturated carbocycles. The number of carboxylic acids is 1. The Labute approximate surface area is 137 Å². The average Bonchev–Trinajstić information content (AvgIpc) is 3.32. The highest BCUT2D eigenvalue weighted by molar-refractivity contribution is 5.76. The number of carbonyl (C=O) groups excluding carboxylic acids is 1. The molecule has 1 aromatic carbocycles. The summed E-state index contributed by atoms with van der Waals surface area (Å²) in [6.45, 7) is 3.21. The third kappa shape index (κ3) is 6.72. The first kappa shape index (κ1) is 17.3. The lowest BCUT2D eigenvalue weighted by atomic mass is 10.1. The molecular weight excluding hydrogens is 294 g/mol. The van der Waals surface area contributed by atoms with E-state index in [0.717, 1.165) is 23.5 Å². The first-order valence-corrected chi connectivity index (χ1v) is 8.25. The van der Waals surface area contributed by atoms with Gasteiger partial charge in [-0.1, -0.05) is 12.1 Å². The van der Waals surface area contributed by atoms with Crippen LogP contribution in [0.5, 0.6) is 5.75 Å². The van der Waals surface area contributed by atoms with Gasteiger partial charge in [-0.2, -0.15) is 0 Å². The van der Waals surface area contributed by atoms with Gasteiger partial charge in [-0.05, 0) is 50.2 Å². The van der Waals surface area contributed by atoms with Crippen LogP contribution in [0.25, 0.3) is 0 Å². The molecule has 126 valence electrons. The molecular formula is C18H25NO4. The fourth-order valence-electron chi connectivity index (χ4n) is 2.28. The number of carboxylic acid groups (broad SMARTS) is 1. The highest BCUT2D eigenvalue weighted by Crippen LogP contribution is 2.30. The maximum atomic E-state index is 11.8. The summed E-state index contributed by atoms with van der Waals surface area (Å²) in [5.41, 5.74) is 2.12. The summed E-state index contributed by atoms with van der Waals surface area (Å²) in [7, 11) is 0. The summed E-state index contributed by atoms with van der Waals surface area (Å²) < 4.78 is 5.88. The van der Waals surface area contributed by atoms with Gasteiger partial charge < -0.3 is 15.2 Å². The minimum atomic E-state index is -0.817. The van der Waals surface area contributed by atoms with Gasteiger partial charge in [0.05, 0.1) is 6.61 Å². The van der Waals surface area contributed by atoms with E-state index in [1.54, 1.807) is 0 Å². The van der Waals surface area contributed by atoms with E-state index in [2.05, 4.69) is 5.32 Å². The molecule has 0 spiro atoms. The first-order chi connectivity index (χ1) is 11.0. The molecule has 23 heavy (non-hydrogen) atoms. The number of carbonyl (C=O) groups is 2. The average molecular weight is 319 g/mol. The van der Waals surface area contributed by atoms with Crippen LogP contribution in [-0.2, 0) is 16.1 Å². The molecule has 5 heteroatoms. The predicted molar refractivity (Wildman–Crippen MR) is 87.3 cm³/mol. The quantitative estimate of drug-likeness (QED) is 0.650. The van der Waals surface area contributed by atoms with Crippen LogP contribution in [0.15, 0.2) is 18.2 Å². The number of aryl methyl sites for hydroxylation is 1. The van der Waals surface area contributed by atoms with Crippen molar-refractivity contribution in [3.05, 3.63) is 29.3 Å². The smallest absolute Gasteiger partial charge is 0.303 e. The lowest BCUT2D eigenvalue weighted by molar-refractivity contribution is -0.137. The second kappa shape index (κ2) is 8.56. The van der Waals surface area contributed by atoms with Crippen LogP contribution in [0.3, 0.4) is 0 Å². The summed E-state index contributed by atoms with van der Waals surface area (Å²) in [4.78, 5) is 22.2. The van der Waals surface area contributed by atoms with Crippen molar-refractivity contribution in [1.29, 1.82) is 0 Å². The predicted octanol–water partition coefficient (Wildman–Crippen LogP) is 3.05. The molecule has 0 aliphatic heterocycles. The lowest BCUT2D eigenvalue weighted by Gasteiger charge is -2.13. The van der Waals surface area contributed by atoms with Crippen molar-refractivity contribution in [2.75, 3.05) is 6.61 Å². The number of benzene rings is 1.